The van der Waals surface area contributed by atoms with E-state index in [-0.39, 0.29) is 36.8 Å². The van der Waals surface area contributed by atoms with E-state index in [0.717, 1.165) is 18.8 Å². The fourth-order valence-corrected chi connectivity index (χ4v) is 5.20. The molecule has 8 nitrogen and oxygen atoms in total. The second-order valence-electron chi connectivity index (χ2n) is 8.75. The van der Waals surface area contributed by atoms with Gasteiger partial charge in [-0.3, -0.25) is 14.4 Å². The molecule has 2 aliphatic rings. The maximum Gasteiger partial charge on any atom is 0.247 e. The highest BCUT2D eigenvalue weighted by Gasteiger charge is 2.56. The van der Waals surface area contributed by atoms with Gasteiger partial charge in [-0.1, -0.05) is 19.1 Å². The van der Waals surface area contributed by atoms with Crippen molar-refractivity contribution in [3.05, 3.63) is 36.4 Å². The van der Waals surface area contributed by atoms with E-state index in [1.807, 2.05) is 43.3 Å². The zero-order chi connectivity index (χ0) is 24.1. The molecular formula is C25H36N4O4. The number of benzene rings is 1. The Labute approximate surface area is 196 Å². The van der Waals surface area contributed by atoms with Crippen LogP contribution in [0.5, 0.6) is 0 Å². The average molecular weight is 457 g/mol. The number of nitrogens with zero attached hydrogens (tertiary/aromatic N) is 2. The van der Waals surface area contributed by atoms with Gasteiger partial charge >= 0.3 is 0 Å². The monoisotopic (exact) mass is 456 g/mol. The lowest BCUT2D eigenvalue weighted by Crippen LogP contribution is -2.45. The highest BCUT2D eigenvalue weighted by atomic mass is 16.3. The smallest absolute Gasteiger partial charge is 0.247 e. The van der Waals surface area contributed by atoms with Crippen LogP contribution in [0.25, 0.3) is 0 Å². The van der Waals surface area contributed by atoms with Crippen molar-refractivity contribution >= 4 is 29.1 Å². The molecule has 3 rings (SSSR count). The Hall–Kier alpha value is -2.87. The third kappa shape index (κ3) is 4.90. The van der Waals surface area contributed by atoms with Crippen molar-refractivity contribution in [3.63, 3.8) is 0 Å². The average Bonchev–Trinajstić information content (AvgIpc) is 3.10. The molecule has 0 unspecified atom stereocenters. The molecule has 5 atom stereocenters. The van der Waals surface area contributed by atoms with Crippen LogP contribution in [0.2, 0.25) is 0 Å². The molecule has 3 N–H and O–H groups in total. The highest BCUT2D eigenvalue weighted by molar-refractivity contribution is 6.02. The number of nitrogens with one attached hydrogen (secondary N) is 2. The van der Waals surface area contributed by atoms with Gasteiger partial charge in [0.15, 0.2) is 0 Å². The standard InChI is InChI=1S/C25H36N4O4/c1-5-28(6-2)18-11-9-17(10-12-18)27-24(32)22-19-13-8-16(3)20(23(31)26-4)21(19)25(33)29(22)14-7-15-30/h8-13,16,19-22,30H,5-7,14-15H2,1-4H3,(H,26,31)(H,27,32)/t16-,19+,20-,21+,22+/m1/s1. The second-order valence-corrected chi connectivity index (χ2v) is 8.75. The number of hydrogen-bond acceptors (Lipinski definition) is 5. The number of allylic oxidation sites excluding steroid dienone is 1. The van der Waals surface area contributed by atoms with Crippen LogP contribution in [0.15, 0.2) is 36.4 Å². The molecule has 0 aromatic heterocycles. The molecule has 33 heavy (non-hydrogen) atoms. The maximum atomic E-state index is 13.4. The number of hydrogen-bond donors (Lipinski definition) is 3. The lowest BCUT2D eigenvalue weighted by Gasteiger charge is -2.32. The fraction of sp³-hybridized carbons (Fsp3) is 0.560. The first-order valence-electron chi connectivity index (χ1n) is 11.8. The quantitative estimate of drug-likeness (QED) is 0.493. The van der Waals surface area contributed by atoms with Crippen LogP contribution in [-0.4, -0.2) is 67.1 Å². The summed E-state index contributed by atoms with van der Waals surface area (Å²) < 4.78 is 0. The van der Waals surface area contributed by atoms with Gasteiger partial charge in [-0.05, 0) is 50.5 Å². The molecule has 180 valence electrons. The lowest BCUT2D eigenvalue weighted by atomic mass is 9.70. The number of amides is 3. The molecule has 1 saturated heterocycles. The highest BCUT2D eigenvalue weighted by Crippen LogP contribution is 2.44. The number of fused-ring (bicyclic) bond motifs is 1. The number of aliphatic hydroxyl groups excluding tert-OH is 1. The van der Waals surface area contributed by atoms with Crippen molar-refractivity contribution in [1.82, 2.24) is 10.2 Å². The summed E-state index contributed by atoms with van der Waals surface area (Å²) in [5.74, 6) is -2.29. The van der Waals surface area contributed by atoms with Gasteiger partial charge in [-0.15, -0.1) is 0 Å². The second kappa shape index (κ2) is 10.8. The zero-order valence-corrected chi connectivity index (χ0v) is 20.0. The molecule has 1 aromatic carbocycles. The Balaban J connectivity index is 1.87. The lowest BCUT2D eigenvalue weighted by molar-refractivity contribution is -0.140. The van der Waals surface area contributed by atoms with E-state index in [1.54, 1.807) is 11.9 Å². The summed E-state index contributed by atoms with van der Waals surface area (Å²) in [4.78, 5) is 43.2. The summed E-state index contributed by atoms with van der Waals surface area (Å²) in [6.45, 7) is 8.09. The van der Waals surface area contributed by atoms with Crippen molar-refractivity contribution < 1.29 is 19.5 Å². The Bertz CT molecular complexity index is 881. The molecule has 0 radical (unpaired) electrons. The number of carbonyl (C=O) groups excluding carboxylic acids is 3. The number of rotatable bonds is 9. The predicted molar refractivity (Wildman–Crippen MR) is 129 cm³/mol. The number of aliphatic hydroxyl groups is 1. The van der Waals surface area contributed by atoms with Gasteiger partial charge < -0.3 is 25.5 Å². The minimum Gasteiger partial charge on any atom is -0.396 e. The van der Waals surface area contributed by atoms with Gasteiger partial charge in [-0.25, -0.2) is 0 Å². The molecule has 8 heteroatoms. The van der Waals surface area contributed by atoms with Crippen LogP contribution in [0.4, 0.5) is 11.4 Å². The maximum absolute atomic E-state index is 13.4. The van der Waals surface area contributed by atoms with Gasteiger partial charge in [0.05, 0.1) is 11.8 Å². The normalized spacial score (nSPS) is 26.2. The predicted octanol–water partition coefficient (Wildman–Crippen LogP) is 1.86. The fourth-order valence-electron chi connectivity index (χ4n) is 5.20. The van der Waals surface area contributed by atoms with E-state index in [0.29, 0.717) is 12.1 Å². The largest absolute Gasteiger partial charge is 0.396 e. The van der Waals surface area contributed by atoms with Crippen molar-refractivity contribution in [2.75, 3.05) is 43.5 Å². The van der Waals surface area contributed by atoms with Gasteiger partial charge in [0, 0.05) is 50.6 Å². The Morgan fingerprint density at radius 2 is 1.76 bits per heavy atom. The molecule has 0 bridgehead atoms. The third-order valence-electron chi connectivity index (χ3n) is 6.91. The molecule has 1 fully saturated rings. The number of carbonyl (C=O) groups is 3. The van der Waals surface area contributed by atoms with E-state index in [2.05, 4.69) is 29.4 Å². The summed E-state index contributed by atoms with van der Waals surface area (Å²) in [6, 6.07) is 6.94. The Morgan fingerprint density at radius 1 is 1.09 bits per heavy atom. The van der Waals surface area contributed by atoms with Crippen molar-refractivity contribution in [2.24, 2.45) is 23.7 Å². The topological polar surface area (TPSA) is 102 Å². The van der Waals surface area contributed by atoms with E-state index >= 15 is 0 Å². The first kappa shape index (κ1) is 24.8. The summed E-state index contributed by atoms with van der Waals surface area (Å²) in [6.07, 6.45) is 4.22. The zero-order valence-electron chi connectivity index (χ0n) is 20.0. The number of anilines is 2. The summed E-state index contributed by atoms with van der Waals surface area (Å²) in [5, 5.41) is 15.0. The molecule has 1 heterocycles. The molecular weight excluding hydrogens is 420 g/mol. The molecule has 0 saturated carbocycles. The summed E-state index contributed by atoms with van der Waals surface area (Å²) in [5.41, 5.74) is 1.74. The van der Waals surface area contributed by atoms with Gasteiger partial charge in [0.25, 0.3) is 0 Å². The van der Waals surface area contributed by atoms with Crippen molar-refractivity contribution in [2.45, 2.75) is 33.2 Å². The third-order valence-corrected chi connectivity index (χ3v) is 6.91. The van der Waals surface area contributed by atoms with Gasteiger partial charge in [-0.2, -0.15) is 0 Å². The SMILES string of the molecule is CCN(CC)c1ccc(NC(=O)[C@@H]2[C@H]3C=C[C@@H](C)[C@@H](C(=O)NC)[C@H]3C(=O)N2CCCO)cc1. The van der Waals surface area contributed by atoms with Crippen LogP contribution in [0, 0.1) is 23.7 Å². The number of likely N-dealkylation sites (tertiary alicyclic amines) is 1. The van der Waals surface area contributed by atoms with Crippen molar-refractivity contribution in [3.8, 4) is 0 Å². The van der Waals surface area contributed by atoms with E-state index in [4.69, 9.17) is 0 Å². The van der Waals surface area contributed by atoms with Crippen LogP contribution >= 0.6 is 0 Å². The van der Waals surface area contributed by atoms with Gasteiger partial charge in [0.2, 0.25) is 17.7 Å². The van der Waals surface area contributed by atoms with Crippen LogP contribution in [0.1, 0.15) is 27.2 Å². The summed E-state index contributed by atoms with van der Waals surface area (Å²) >= 11 is 0. The van der Waals surface area contributed by atoms with Crippen LogP contribution < -0.4 is 15.5 Å². The minimum absolute atomic E-state index is 0.0780. The molecule has 1 aliphatic heterocycles. The van der Waals surface area contributed by atoms with Crippen LogP contribution in [-0.2, 0) is 14.4 Å². The molecule has 1 aromatic rings. The molecule has 3 amide bonds. The molecule has 0 spiro atoms. The van der Waals surface area contributed by atoms with E-state index in [9.17, 15) is 19.5 Å². The first-order chi connectivity index (χ1) is 15.9. The van der Waals surface area contributed by atoms with Gasteiger partial charge in [0.1, 0.15) is 6.04 Å². The Morgan fingerprint density at radius 3 is 2.33 bits per heavy atom. The molecule has 1 aliphatic carbocycles. The Kier molecular flexibility index (Phi) is 8.13. The van der Waals surface area contributed by atoms with Crippen molar-refractivity contribution in [1.29, 1.82) is 0 Å². The van der Waals surface area contributed by atoms with Crippen LogP contribution in [0.3, 0.4) is 0 Å². The minimum atomic E-state index is -0.729. The summed E-state index contributed by atoms with van der Waals surface area (Å²) in [7, 11) is 1.57. The first-order valence-corrected chi connectivity index (χ1v) is 11.8. The van der Waals surface area contributed by atoms with E-state index < -0.39 is 23.8 Å². The van der Waals surface area contributed by atoms with E-state index in [1.165, 1.54) is 0 Å².